The number of anilines is 2. The molecule has 5 nitrogen and oxygen atoms in total. The maximum atomic E-state index is 13.8. The minimum Gasteiger partial charge on any atom is -0.322 e. The molecule has 0 bridgehead atoms. The van der Waals surface area contributed by atoms with Crippen molar-refractivity contribution in [3.05, 3.63) is 89.7 Å². The van der Waals surface area contributed by atoms with Crippen molar-refractivity contribution in [1.82, 2.24) is 0 Å². The highest BCUT2D eigenvalue weighted by molar-refractivity contribution is 6.18. The fraction of sp³-hybridized carbons (Fsp3) is 0.0870. The first-order valence-corrected chi connectivity index (χ1v) is 9.38. The maximum Gasteiger partial charge on any atom is 0.244 e. The summed E-state index contributed by atoms with van der Waals surface area (Å²) in [5, 5.41) is 2.29. The summed E-state index contributed by atoms with van der Waals surface area (Å²) >= 11 is 0. The van der Waals surface area contributed by atoms with Gasteiger partial charge in [0.25, 0.3) is 0 Å². The quantitative estimate of drug-likeness (QED) is 0.667. The van der Waals surface area contributed by atoms with Crippen LogP contribution in [-0.4, -0.2) is 24.1 Å². The average molecular weight is 423 g/mol. The van der Waals surface area contributed by atoms with Gasteiger partial charge in [-0.3, -0.25) is 14.6 Å². The van der Waals surface area contributed by atoms with Crippen LogP contribution in [0.4, 0.5) is 30.2 Å². The van der Waals surface area contributed by atoms with E-state index in [1.54, 1.807) is 24.3 Å². The Hall–Kier alpha value is -3.94. The molecule has 1 heterocycles. The number of carbonyl (C=O) groups excluding carboxylic acids is 2. The Labute approximate surface area is 175 Å². The summed E-state index contributed by atoms with van der Waals surface area (Å²) in [5.41, 5.74) is 1.55. The zero-order valence-electron chi connectivity index (χ0n) is 16.1. The molecule has 0 atom stereocenters. The van der Waals surface area contributed by atoms with Crippen molar-refractivity contribution in [1.29, 1.82) is 0 Å². The molecule has 8 heteroatoms. The first-order chi connectivity index (χ1) is 14.9. The fourth-order valence-electron chi connectivity index (χ4n) is 3.25. The number of para-hydroxylation sites is 2. The average Bonchev–Trinajstić information content (AvgIpc) is 2.88. The number of rotatable bonds is 4. The van der Waals surface area contributed by atoms with Crippen LogP contribution < -0.4 is 10.2 Å². The summed E-state index contributed by atoms with van der Waals surface area (Å²) in [6.07, 6.45) is -0.123. The number of fused-ring (bicyclic) bond motifs is 1. The van der Waals surface area contributed by atoms with E-state index in [4.69, 9.17) is 0 Å². The highest BCUT2D eigenvalue weighted by Crippen LogP contribution is 2.33. The third-order valence-electron chi connectivity index (χ3n) is 4.73. The van der Waals surface area contributed by atoms with E-state index in [2.05, 4.69) is 10.3 Å². The van der Waals surface area contributed by atoms with Gasteiger partial charge in [-0.1, -0.05) is 24.3 Å². The second-order valence-electron chi connectivity index (χ2n) is 6.88. The van der Waals surface area contributed by atoms with Crippen molar-refractivity contribution in [2.24, 2.45) is 4.99 Å². The number of amides is 2. The van der Waals surface area contributed by atoms with Gasteiger partial charge in [0.1, 0.15) is 24.0 Å². The lowest BCUT2D eigenvalue weighted by Crippen LogP contribution is -2.38. The molecular formula is C23H16F3N3O2. The lowest BCUT2D eigenvalue weighted by molar-refractivity contribution is -0.120. The van der Waals surface area contributed by atoms with E-state index in [0.717, 1.165) is 18.2 Å². The van der Waals surface area contributed by atoms with Crippen LogP contribution in [0, 0.1) is 17.5 Å². The van der Waals surface area contributed by atoms with Crippen LogP contribution in [0.25, 0.3) is 0 Å². The predicted molar refractivity (Wildman–Crippen MR) is 111 cm³/mol. The largest absolute Gasteiger partial charge is 0.322 e. The molecule has 0 aromatic heterocycles. The van der Waals surface area contributed by atoms with Crippen LogP contribution in [0.2, 0.25) is 0 Å². The molecule has 0 radical (unpaired) electrons. The smallest absolute Gasteiger partial charge is 0.244 e. The van der Waals surface area contributed by atoms with Crippen LogP contribution in [0.5, 0.6) is 0 Å². The number of halogens is 3. The zero-order chi connectivity index (χ0) is 22.0. The van der Waals surface area contributed by atoms with Gasteiger partial charge in [-0.25, -0.2) is 13.2 Å². The Kier molecular flexibility index (Phi) is 5.53. The van der Waals surface area contributed by atoms with Crippen molar-refractivity contribution in [2.45, 2.75) is 6.42 Å². The van der Waals surface area contributed by atoms with Crippen molar-refractivity contribution >= 4 is 34.6 Å². The molecule has 1 aliphatic heterocycles. The van der Waals surface area contributed by atoms with Crippen LogP contribution in [0.1, 0.15) is 12.0 Å². The molecule has 1 aliphatic rings. The zero-order valence-corrected chi connectivity index (χ0v) is 16.1. The highest BCUT2D eigenvalue weighted by atomic mass is 19.1. The summed E-state index contributed by atoms with van der Waals surface area (Å²) < 4.78 is 40.5. The molecule has 156 valence electrons. The van der Waals surface area contributed by atoms with Crippen LogP contribution in [0.15, 0.2) is 71.7 Å². The standard InChI is InChI=1S/C23H16F3N3O2/c24-15-7-5-14(6-8-15)19-12-23(31)29(21-4-2-1-3-18(21)27-19)13-22(30)28-20-11-16(25)9-10-17(20)26/h1-11H,12-13H2,(H,28,30). The van der Waals surface area contributed by atoms with Gasteiger partial charge in [0.2, 0.25) is 11.8 Å². The second kappa shape index (κ2) is 8.43. The first kappa shape index (κ1) is 20.3. The highest BCUT2D eigenvalue weighted by Gasteiger charge is 2.27. The van der Waals surface area contributed by atoms with Crippen molar-refractivity contribution < 1.29 is 22.8 Å². The number of hydrogen-bond acceptors (Lipinski definition) is 3. The van der Waals surface area contributed by atoms with Gasteiger partial charge in [-0.2, -0.15) is 0 Å². The van der Waals surface area contributed by atoms with E-state index in [1.165, 1.54) is 29.2 Å². The maximum absolute atomic E-state index is 13.8. The van der Waals surface area contributed by atoms with E-state index in [-0.39, 0.29) is 12.1 Å². The molecule has 3 aromatic rings. The number of aliphatic imine (C=N–C) groups is 1. The molecule has 1 N–H and O–H groups in total. The topological polar surface area (TPSA) is 61.8 Å². The van der Waals surface area contributed by atoms with Gasteiger partial charge < -0.3 is 10.2 Å². The molecule has 4 rings (SSSR count). The predicted octanol–water partition coefficient (Wildman–Crippen LogP) is 4.60. The molecule has 31 heavy (non-hydrogen) atoms. The Balaban J connectivity index is 1.61. The van der Waals surface area contributed by atoms with Crippen molar-refractivity contribution in [3.63, 3.8) is 0 Å². The summed E-state index contributed by atoms with van der Waals surface area (Å²) in [5.74, 6) is -3.02. The molecule has 0 aliphatic carbocycles. The SMILES string of the molecule is O=C(CN1C(=O)CC(c2ccc(F)cc2)=Nc2ccccc21)Nc1cc(F)ccc1F. The van der Waals surface area contributed by atoms with Crippen molar-refractivity contribution in [2.75, 3.05) is 16.8 Å². The Bertz CT molecular complexity index is 1190. The van der Waals surface area contributed by atoms with Gasteiger partial charge in [-0.15, -0.1) is 0 Å². The van der Waals surface area contributed by atoms with E-state index < -0.39 is 35.8 Å². The number of carbonyl (C=O) groups is 2. The summed E-state index contributed by atoms with van der Waals surface area (Å²) in [7, 11) is 0. The lowest BCUT2D eigenvalue weighted by atomic mass is 10.1. The molecular weight excluding hydrogens is 407 g/mol. The lowest BCUT2D eigenvalue weighted by Gasteiger charge is -2.22. The van der Waals surface area contributed by atoms with Gasteiger partial charge in [0, 0.05) is 6.07 Å². The van der Waals surface area contributed by atoms with Gasteiger partial charge in [0.15, 0.2) is 0 Å². The summed E-state index contributed by atoms with van der Waals surface area (Å²) in [6.45, 7) is -0.419. The molecule has 0 unspecified atom stereocenters. The van der Waals surface area contributed by atoms with Crippen LogP contribution in [0.3, 0.4) is 0 Å². The molecule has 0 saturated heterocycles. The minimum atomic E-state index is -0.792. The third-order valence-corrected chi connectivity index (χ3v) is 4.73. The summed E-state index contributed by atoms with van der Waals surface area (Å²) in [6, 6.07) is 15.1. The van der Waals surface area contributed by atoms with Gasteiger partial charge in [0.05, 0.1) is 29.2 Å². The first-order valence-electron chi connectivity index (χ1n) is 9.38. The summed E-state index contributed by atoms with van der Waals surface area (Å²) in [4.78, 5) is 31.3. The molecule has 3 aromatic carbocycles. The van der Waals surface area contributed by atoms with E-state index in [9.17, 15) is 22.8 Å². The number of nitrogens with zero attached hydrogens (tertiary/aromatic N) is 2. The van der Waals surface area contributed by atoms with E-state index in [1.807, 2.05) is 0 Å². The van der Waals surface area contributed by atoms with E-state index >= 15 is 0 Å². The minimum absolute atomic E-state index is 0.123. The fourth-order valence-corrected chi connectivity index (χ4v) is 3.25. The monoisotopic (exact) mass is 423 g/mol. The third kappa shape index (κ3) is 4.48. The Morgan fingerprint density at radius 1 is 0.968 bits per heavy atom. The Morgan fingerprint density at radius 3 is 2.45 bits per heavy atom. The number of benzene rings is 3. The number of nitrogens with one attached hydrogen (secondary N) is 1. The second-order valence-corrected chi connectivity index (χ2v) is 6.88. The Morgan fingerprint density at radius 2 is 1.68 bits per heavy atom. The van der Waals surface area contributed by atoms with Crippen LogP contribution >= 0.6 is 0 Å². The van der Waals surface area contributed by atoms with Crippen LogP contribution in [-0.2, 0) is 9.59 Å². The normalized spacial score (nSPS) is 13.3. The van der Waals surface area contributed by atoms with E-state index in [0.29, 0.717) is 22.6 Å². The van der Waals surface area contributed by atoms with Gasteiger partial charge in [-0.05, 0) is 42.0 Å². The van der Waals surface area contributed by atoms with Crippen molar-refractivity contribution in [3.8, 4) is 0 Å². The molecule has 0 fully saturated rings. The number of hydrogen-bond donors (Lipinski definition) is 1. The molecule has 0 saturated carbocycles. The molecule has 2 amide bonds. The molecule has 0 spiro atoms. The van der Waals surface area contributed by atoms with Gasteiger partial charge >= 0.3 is 0 Å².